The predicted molar refractivity (Wildman–Crippen MR) is 102 cm³/mol. The summed E-state index contributed by atoms with van der Waals surface area (Å²) in [7, 11) is 0. The van der Waals surface area contributed by atoms with Gasteiger partial charge in [0.1, 0.15) is 0 Å². The maximum absolute atomic E-state index is 12.3. The number of nitrogens with one attached hydrogen (secondary N) is 1. The summed E-state index contributed by atoms with van der Waals surface area (Å²) in [6, 6.07) is 18.1. The first-order valence-electron chi connectivity index (χ1n) is 7.67. The summed E-state index contributed by atoms with van der Waals surface area (Å²) in [6.07, 6.45) is 0.810. The first-order valence-corrected chi connectivity index (χ1v) is 8.55. The zero-order valence-corrected chi connectivity index (χ0v) is 14.2. The van der Waals surface area contributed by atoms with Crippen molar-refractivity contribution < 1.29 is 9.59 Å². The molecule has 3 rings (SSSR count). The van der Waals surface area contributed by atoms with Gasteiger partial charge < -0.3 is 16.0 Å². The van der Waals surface area contributed by atoms with Crippen LogP contribution in [0, 0.1) is 0 Å². The van der Waals surface area contributed by atoms with Gasteiger partial charge in [0.05, 0.1) is 22.9 Å². The first kappa shape index (κ1) is 16.7. The third-order valence-corrected chi connectivity index (χ3v) is 4.60. The van der Waals surface area contributed by atoms with Gasteiger partial charge in [-0.25, -0.2) is 0 Å². The molecular formula is C19H17N3O2S. The number of para-hydroxylation sites is 2. The van der Waals surface area contributed by atoms with E-state index in [2.05, 4.69) is 5.32 Å². The number of benzene rings is 2. The largest absolute Gasteiger partial charge is 0.397 e. The molecule has 1 heterocycles. The van der Waals surface area contributed by atoms with Crippen LogP contribution in [0.1, 0.15) is 15.9 Å². The van der Waals surface area contributed by atoms with Gasteiger partial charge in [0.25, 0.3) is 5.91 Å². The minimum atomic E-state index is -0.227. The fourth-order valence-corrected chi connectivity index (χ4v) is 3.06. The quantitative estimate of drug-likeness (QED) is 0.525. The lowest BCUT2D eigenvalue weighted by atomic mass is 10.1. The van der Waals surface area contributed by atoms with Crippen LogP contribution in [0.25, 0.3) is 0 Å². The van der Waals surface area contributed by atoms with Gasteiger partial charge in [-0.1, -0.05) is 24.3 Å². The normalized spacial score (nSPS) is 10.2. The maximum Gasteiger partial charge on any atom is 0.255 e. The minimum absolute atomic E-state index is 0.227. The molecule has 126 valence electrons. The second-order valence-electron chi connectivity index (χ2n) is 5.42. The number of amides is 2. The number of nitrogen functional groups attached to an aromatic ring is 1. The molecule has 0 aliphatic rings. The number of nitrogens with two attached hydrogens (primary N) is 1. The SMILES string of the molecule is Nc1ccccc1NC(=O)c1ccc(CN(C=O)c2cccs2)cc1. The van der Waals surface area contributed by atoms with Gasteiger partial charge in [-0.3, -0.25) is 9.59 Å². The number of anilines is 3. The van der Waals surface area contributed by atoms with E-state index >= 15 is 0 Å². The average Bonchev–Trinajstić information content (AvgIpc) is 3.16. The van der Waals surface area contributed by atoms with Crippen molar-refractivity contribution in [1.29, 1.82) is 0 Å². The van der Waals surface area contributed by atoms with Crippen molar-refractivity contribution in [2.75, 3.05) is 16.0 Å². The van der Waals surface area contributed by atoms with Crippen LogP contribution in [0.5, 0.6) is 0 Å². The lowest BCUT2D eigenvalue weighted by Crippen LogP contribution is -2.19. The fraction of sp³-hybridized carbons (Fsp3) is 0.0526. The van der Waals surface area contributed by atoms with E-state index in [0.29, 0.717) is 23.5 Å². The Morgan fingerprint density at radius 2 is 1.84 bits per heavy atom. The van der Waals surface area contributed by atoms with Gasteiger partial charge in [0.15, 0.2) is 0 Å². The standard InChI is InChI=1S/C19H17N3O2S/c20-16-4-1-2-5-17(16)21-19(24)15-9-7-14(8-10-15)12-22(13-23)18-6-3-11-25-18/h1-11,13H,12,20H2,(H,21,24). The molecule has 0 aliphatic carbocycles. The Morgan fingerprint density at radius 1 is 1.08 bits per heavy atom. The van der Waals surface area contributed by atoms with Gasteiger partial charge in [-0.05, 0) is 47.3 Å². The van der Waals surface area contributed by atoms with Gasteiger partial charge in [-0.15, -0.1) is 11.3 Å². The molecule has 2 aromatic carbocycles. The number of rotatable bonds is 6. The Labute approximate surface area is 149 Å². The Hall–Kier alpha value is -3.12. The Balaban J connectivity index is 1.68. The summed E-state index contributed by atoms with van der Waals surface area (Å²) >= 11 is 1.50. The molecule has 2 amide bonds. The van der Waals surface area contributed by atoms with Crippen LogP contribution < -0.4 is 16.0 Å². The number of thiophene rings is 1. The van der Waals surface area contributed by atoms with Crippen LogP contribution in [0.3, 0.4) is 0 Å². The number of nitrogens with zero attached hydrogens (tertiary/aromatic N) is 1. The van der Waals surface area contributed by atoms with Crippen LogP contribution in [-0.2, 0) is 11.3 Å². The maximum atomic E-state index is 12.3. The molecule has 0 aliphatic heterocycles. The van der Waals surface area contributed by atoms with Crippen LogP contribution in [0.15, 0.2) is 66.0 Å². The van der Waals surface area contributed by atoms with Crippen molar-refractivity contribution >= 4 is 40.0 Å². The molecule has 0 bridgehead atoms. The van der Waals surface area contributed by atoms with Crippen molar-refractivity contribution in [3.05, 3.63) is 77.2 Å². The Kier molecular flexibility index (Phi) is 5.11. The molecule has 6 heteroatoms. The highest BCUT2D eigenvalue weighted by Crippen LogP contribution is 2.22. The second-order valence-corrected chi connectivity index (χ2v) is 6.35. The molecular weight excluding hydrogens is 334 g/mol. The molecule has 0 fully saturated rings. The number of hydrogen-bond donors (Lipinski definition) is 2. The van der Waals surface area contributed by atoms with Gasteiger partial charge in [0.2, 0.25) is 6.41 Å². The lowest BCUT2D eigenvalue weighted by Gasteiger charge is -2.15. The molecule has 3 N–H and O–H groups in total. The average molecular weight is 351 g/mol. The highest BCUT2D eigenvalue weighted by Gasteiger charge is 2.10. The van der Waals surface area contributed by atoms with Gasteiger partial charge in [0, 0.05) is 5.56 Å². The number of carbonyl (C=O) groups excluding carboxylic acids is 2. The van der Waals surface area contributed by atoms with Crippen molar-refractivity contribution in [3.63, 3.8) is 0 Å². The molecule has 0 saturated carbocycles. The smallest absolute Gasteiger partial charge is 0.255 e. The predicted octanol–water partition coefficient (Wildman–Crippen LogP) is 3.75. The zero-order chi connectivity index (χ0) is 17.6. The van der Waals surface area contributed by atoms with Crippen molar-refractivity contribution in [3.8, 4) is 0 Å². The highest BCUT2D eigenvalue weighted by molar-refractivity contribution is 7.14. The summed E-state index contributed by atoms with van der Waals surface area (Å²) in [4.78, 5) is 25.2. The van der Waals surface area contributed by atoms with E-state index in [9.17, 15) is 9.59 Å². The molecule has 1 aromatic heterocycles. The van der Waals surface area contributed by atoms with E-state index in [1.807, 2.05) is 41.8 Å². The number of hydrogen-bond acceptors (Lipinski definition) is 4. The van der Waals surface area contributed by atoms with E-state index in [-0.39, 0.29) is 5.91 Å². The summed E-state index contributed by atoms with van der Waals surface area (Å²) in [5, 5.41) is 5.60. The monoisotopic (exact) mass is 351 g/mol. The van der Waals surface area contributed by atoms with E-state index in [4.69, 9.17) is 5.73 Å². The lowest BCUT2D eigenvalue weighted by molar-refractivity contribution is -0.107. The summed E-state index contributed by atoms with van der Waals surface area (Å²) in [5.41, 5.74) is 8.41. The second kappa shape index (κ2) is 7.63. The summed E-state index contributed by atoms with van der Waals surface area (Å²) in [5.74, 6) is -0.227. The summed E-state index contributed by atoms with van der Waals surface area (Å²) in [6.45, 7) is 0.456. The van der Waals surface area contributed by atoms with Crippen LogP contribution >= 0.6 is 11.3 Å². The molecule has 5 nitrogen and oxygen atoms in total. The molecule has 3 aromatic rings. The molecule has 25 heavy (non-hydrogen) atoms. The zero-order valence-electron chi connectivity index (χ0n) is 13.4. The summed E-state index contributed by atoms with van der Waals surface area (Å²) < 4.78 is 0. The third-order valence-electron chi connectivity index (χ3n) is 3.69. The van der Waals surface area contributed by atoms with Crippen molar-refractivity contribution in [1.82, 2.24) is 0 Å². The van der Waals surface area contributed by atoms with Gasteiger partial charge in [-0.2, -0.15) is 0 Å². The highest BCUT2D eigenvalue weighted by atomic mass is 32.1. The molecule has 0 radical (unpaired) electrons. The Bertz CT molecular complexity index is 861. The van der Waals surface area contributed by atoms with E-state index in [0.717, 1.165) is 17.0 Å². The van der Waals surface area contributed by atoms with Crippen LogP contribution in [0.4, 0.5) is 16.4 Å². The molecule has 0 spiro atoms. The van der Waals surface area contributed by atoms with E-state index < -0.39 is 0 Å². The van der Waals surface area contributed by atoms with Gasteiger partial charge >= 0.3 is 0 Å². The van der Waals surface area contributed by atoms with Crippen LogP contribution in [0.2, 0.25) is 0 Å². The molecule has 0 unspecified atom stereocenters. The van der Waals surface area contributed by atoms with E-state index in [1.165, 1.54) is 11.3 Å². The molecule has 0 atom stereocenters. The topological polar surface area (TPSA) is 75.4 Å². The van der Waals surface area contributed by atoms with Crippen molar-refractivity contribution in [2.24, 2.45) is 0 Å². The first-order chi connectivity index (χ1) is 12.2. The van der Waals surface area contributed by atoms with E-state index in [1.54, 1.807) is 29.2 Å². The fourth-order valence-electron chi connectivity index (χ4n) is 2.36. The van der Waals surface area contributed by atoms with Crippen molar-refractivity contribution in [2.45, 2.75) is 6.54 Å². The number of carbonyl (C=O) groups is 2. The third kappa shape index (κ3) is 4.05. The van der Waals surface area contributed by atoms with Crippen LogP contribution in [-0.4, -0.2) is 12.3 Å². The molecule has 0 saturated heterocycles. The Morgan fingerprint density at radius 3 is 2.48 bits per heavy atom. The minimum Gasteiger partial charge on any atom is -0.397 e.